The Balaban J connectivity index is 1.49. The van der Waals surface area contributed by atoms with Crippen molar-refractivity contribution in [2.24, 2.45) is 11.8 Å². The number of likely N-dealkylation sites (tertiary alicyclic amines) is 1. The molecule has 1 aromatic carbocycles. The molecule has 0 aromatic heterocycles. The van der Waals surface area contributed by atoms with Gasteiger partial charge in [0.2, 0.25) is 0 Å². The van der Waals surface area contributed by atoms with Crippen molar-refractivity contribution in [3.63, 3.8) is 0 Å². The average Bonchev–Trinajstić information content (AvgIpc) is 3.08. The van der Waals surface area contributed by atoms with E-state index in [1.807, 2.05) is 51.1 Å². The molecule has 1 aromatic rings. The number of alkyl carbamates (subject to hydrolysis) is 1. The number of rotatable bonds is 4. The van der Waals surface area contributed by atoms with Gasteiger partial charge in [0.25, 0.3) is 0 Å². The maximum Gasteiger partial charge on any atom is 0.410 e. The van der Waals surface area contributed by atoms with E-state index in [9.17, 15) is 14.7 Å². The summed E-state index contributed by atoms with van der Waals surface area (Å²) in [6, 6.07) is 9.04. The van der Waals surface area contributed by atoms with Crippen LogP contribution < -0.4 is 5.32 Å². The Morgan fingerprint density at radius 2 is 1.96 bits per heavy atom. The second kappa shape index (κ2) is 7.15. The molecule has 2 fully saturated rings. The van der Waals surface area contributed by atoms with Crippen LogP contribution in [0.25, 0.3) is 0 Å². The number of amides is 2. The number of ether oxygens (including phenoxy) is 2. The van der Waals surface area contributed by atoms with Crippen LogP contribution in [-0.4, -0.2) is 53.0 Å². The Morgan fingerprint density at radius 1 is 1.27 bits per heavy atom. The molecule has 7 heteroatoms. The van der Waals surface area contributed by atoms with Gasteiger partial charge >= 0.3 is 12.2 Å². The quantitative estimate of drug-likeness (QED) is 0.857. The van der Waals surface area contributed by atoms with Crippen molar-refractivity contribution in [1.82, 2.24) is 10.2 Å². The van der Waals surface area contributed by atoms with Gasteiger partial charge in [-0.3, -0.25) is 0 Å². The van der Waals surface area contributed by atoms with E-state index in [0.29, 0.717) is 6.54 Å². The molecule has 1 heterocycles. The molecule has 1 aliphatic heterocycles. The third-order valence-corrected chi connectivity index (χ3v) is 4.79. The van der Waals surface area contributed by atoms with Crippen LogP contribution in [0.1, 0.15) is 26.3 Å². The Labute approximate surface area is 153 Å². The van der Waals surface area contributed by atoms with Crippen LogP contribution in [-0.2, 0) is 16.1 Å². The molecule has 2 amide bonds. The number of nitrogens with zero attached hydrogens (tertiary/aromatic N) is 1. The maximum absolute atomic E-state index is 12.3. The number of hydrogen-bond donors (Lipinski definition) is 2. The lowest BCUT2D eigenvalue weighted by Gasteiger charge is -2.30. The van der Waals surface area contributed by atoms with Gasteiger partial charge in [-0.1, -0.05) is 30.3 Å². The number of fused-ring (bicyclic) bond motifs is 1. The van der Waals surface area contributed by atoms with E-state index in [2.05, 4.69) is 5.32 Å². The molecule has 1 aliphatic carbocycles. The molecular weight excluding hydrogens is 336 g/mol. The fourth-order valence-electron chi connectivity index (χ4n) is 3.59. The molecule has 1 saturated heterocycles. The predicted molar refractivity (Wildman–Crippen MR) is 94.3 cm³/mol. The zero-order chi connectivity index (χ0) is 18.9. The highest BCUT2D eigenvalue weighted by Crippen LogP contribution is 2.50. The first-order chi connectivity index (χ1) is 12.3. The smallest absolute Gasteiger partial charge is 0.410 e. The van der Waals surface area contributed by atoms with Crippen molar-refractivity contribution < 1.29 is 24.2 Å². The van der Waals surface area contributed by atoms with E-state index in [-0.39, 0.29) is 37.1 Å². The Hall–Kier alpha value is -2.28. The number of nitrogens with one attached hydrogen (secondary N) is 1. The molecule has 3 rings (SSSR count). The van der Waals surface area contributed by atoms with E-state index in [1.54, 1.807) is 4.90 Å². The maximum atomic E-state index is 12.3. The van der Waals surface area contributed by atoms with Gasteiger partial charge in [-0.25, -0.2) is 9.59 Å². The van der Waals surface area contributed by atoms with Crippen LogP contribution in [0, 0.1) is 11.8 Å². The summed E-state index contributed by atoms with van der Waals surface area (Å²) in [6.45, 7) is 5.95. The van der Waals surface area contributed by atoms with Crippen LogP contribution in [0.5, 0.6) is 0 Å². The fourth-order valence-corrected chi connectivity index (χ4v) is 3.59. The first kappa shape index (κ1) is 18.5. The molecule has 0 bridgehead atoms. The van der Waals surface area contributed by atoms with E-state index in [4.69, 9.17) is 9.47 Å². The van der Waals surface area contributed by atoms with Gasteiger partial charge in [0.15, 0.2) is 0 Å². The highest BCUT2D eigenvalue weighted by atomic mass is 16.6. The molecule has 4 atom stereocenters. The van der Waals surface area contributed by atoms with Gasteiger partial charge in [-0.2, -0.15) is 0 Å². The van der Waals surface area contributed by atoms with Crippen LogP contribution in [0.15, 0.2) is 30.3 Å². The summed E-state index contributed by atoms with van der Waals surface area (Å²) in [5, 5.41) is 12.5. The van der Waals surface area contributed by atoms with Gasteiger partial charge in [-0.15, -0.1) is 0 Å². The van der Waals surface area contributed by atoms with Crippen LogP contribution in [0.3, 0.4) is 0 Å². The summed E-state index contributed by atoms with van der Waals surface area (Å²) in [4.78, 5) is 25.8. The van der Waals surface area contributed by atoms with Crippen molar-refractivity contribution in [2.45, 2.75) is 45.1 Å². The Kier molecular flexibility index (Phi) is 5.09. The summed E-state index contributed by atoms with van der Waals surface area (Å²) in [5.74, 6) is 0.167. The Morgan fingerprint density at radius 3 is 2.58 bits per heavy atom. The van der Waals surface area contributed by atoms with Gasteiger partial charge in [-0.05, 0) is 26.3 Å². The molecule has 0 radical (unpaired) electrons. The largest absolute Gasteiger partial charge is 0.445 e. The highest BCUT2D eigenvalue weighted by Gasteiger charge is 2.63. The third-order valence-electron chi connectivity index (χ3n) is 4.79. The van der Waals surface area contributed by atoms with Crippen LogP contribution in [0.2, 0.25) is 0 Å². The van der Waals surface area contributed by atoms with E-state index >= 15 is 0 Å². The molecule has 0 unspecified atom stereocenters. The minimum absolute atomic E-state index is 0.0387. The molecule has 2 N–H and O–H groups in total. The Bertz CT molecular complexity index is 658. The minimum atomic E-state index is -0.581. The molecule has 0 spiro atoms. The number of aliphatic hydroxyl groups excluding tert-OH is 1. The van der Waals surface area contributed by atoms with Gasteiger partial charge in [0, 0.05) is 24.4 Å². The lowest BCUT2D eigenvalue weighted by molar-refractivity contribution is 0.0124. The first-order valence-corrected chi connectivity index (χ1v) is 8.88. The number of carbonyl (C=O) groups is 2. The molecule has 142 valence electrons. The number of hydrogen-bond acceptors (Lipinski definition) is 5. The second-order valence-electron chi connectivity index (χ2n) is 7.86. The number of piperidine rings is 1. The van der Waals surface area contributed by atoms with E-state index < -0.39 is 17.8 Å². The SMILES string of the molecule is CC(C)(C)OC(=O)N1C[C@H]2[C@H](NC(=O)OCc3ccccc3)[C@H]2[C@@H]1CO. The van der Waals surface area contributed by atoms with Crippen molar-refractivity contribution in [3.05, 3.63) is 35.9 Å². The monoisotopic (exact) mass is 362 g/mol. The van der Waals surface area contributed by atoms with Gasteiger partial charge in [0.05, 0.1) is 12.6 Å². The lowest BCUT2D eigenvalue weighted by atomic mass is 10.2. The zero-order valence-electron chi connectivity index (χ0n) is 15.3. The van der Waals surface area contributed by atoms with Crippen molar-refractivity contribution in [2.75, 3.05) is 13.2 Å². The standard InChI is InChI=1S/C19H26N2O5/c1-19(2,3)26-18(24)21-9-13-15(14(21)10-22)16(13)20-17(23)25-11-12-7-5-4-6-8-12/h4-8,13-16,22H,9-11H2,1-3H3,(H,20,23)/t13-,14+,15-,16+/m1/s1. The molecular formula is C19H26N2O5. The summed E-state index contributed by atoms with van der Waals surface area (Å²) < 4.78 is 10.6. The molecule has 1 saturated carbocycles. The van der Waals surface area contributed by atoms with E-state index in [0.717, 1.165) is 5.56 Å². The number of carbonyl (C=O) groups excluding carboxylic acids is 2. The van der Waals surface area contributed by atoms with Gasteiger partial charge < -0.3 is 24.8 Å². The highest BCUT2D eigenvalue weighted by molar-refractivity contribution is 5.71. The second-order valence-corrected chi connectivity index (χ2v) is 7.86. The topological polar surface area (TPSA) is 88.1 Å². The molecule has 26 heavy (non-hydrogen) atoms. The first-order valence-electron chi connectivity index (χ1n) is 8.88. The third kappa shape index (κ3) is 4.09. The number of aliphatic hydroxyl groups is 1. The predicted octanol–water partition coefficient (Wildman–Crippen LogP) is 2.14. The number of benzene rings is 1. The lowest BCUT2D eigenvalue weighted by Crippen LogP contribution is -2.47. The zero-order valence-corrected chi connectivity index (χ0v) is 15.3. The average molecular weight is 362 g/mol. The molecule has 2 aliphatic rings. The van der Waals surface area contributed by atoms with E-state index in [1.165, 1.54) is 0 Å². The summed E-state index contributed by atoms with van der Waals surface area (Å²) in [7, 11) is 0. The van der Waals surface area contributed by atoms with Gasteiger partial charge in [0.1, 0.15) is 12.2 Å². The summed E-state index contributed by atoms with van der Waals surface area (Å²) >= 11 is 0. The summed E-state index contributed by atoms with van der Waals surface area (Å²) in [5.41, 5.74) is 0.339. The molecule has 7 nitrogen and oxygen atoms in total. The minimum Gasteiger partial charge on any atom is -0.445 e. The van der Waals surface area contributed by atoms with Crippen LogP contribution in [0.4, 0.5) is 9.59 Å². The van der Waals surface area contributed by atoms with Crippen molar-refractivity contribution in [3.8, 4) is 0 Å². The normalized spacial score (nSPS) is 26.8. The van der Waals surface area contributed by atoms with Crippen molar-refractivity contribution >= 4 is 12.2 Å². The fraction of sp³-hybridized carbons (Fsp3) is 0.579. The summed E-state index contributed by atoms with van der Waals surface area (Å²) in [6.07, 6.45) is -0.900. The van der Waals surface area contributed by atoms with Crippen LogP contribution >= 0.6 is 0 Å². The van der Waals surface area contributed by atoms with Crippen molar-refractivity contribution in [1.29, 1.82) is 0 Å².